The summed E-state index contributed by atoms with van der Waals surface area (Å²) in [5.74, 6) is -0.215. The van der Waals surface area contributed by atoms with Gasteiger partial charge in [-0.3, -0.25) is 9.59 Å². The van der Waals surface area contributed by atoms with Gasteiger partial charge in [-0.05, 0) is 13.3 Å². The molecule has 0 aromatic heterocycles. The lowest BCUT2D eigenvalue weighted by Gasteiger charge is -2.39. The minimum absolute atomic E-state index is 0.0691. The summed E-state index contributed by atoms with van der Waals surface area (Å²) in [7, 11) is 0. The SMILES string of the molecule is CC1(C)[C@@H]2CCC(=O)[C@]1(C)OC2=O. The van der Waals surface area contributed by atoms with Crippen LogP contribution >= 0.6 is 0 Å². The number of carbonyl (C=O) groups excluding carboxylic acids is 2. The first kappa shape index (κ1) is 8.73. The zero-order valence-corrected chi connectivity index (χ0v) is 8.22. The smallest absolute Gasteiger partial charge is 0.310 e. The Morgan fingerprint density at radius 2 is 1.92 bits per heavy atom. The summed E-state index contributed by atoms with van der Waals surface area (Å²) in [6, 6.07) is 0. The van der Waals surface area contributed by atoms with Crippen molar-refractivity contribution in [3.63, 3.8) is 0 Å². The molecule has 0 radical (unpaired) electrons. The van der Waals surface area contributed by atoms with Crippen molar-refractivity contribution in [2.75, 3.05) is 0 Å². The van der Waals surface area contributed by atoms with E-state index < -0.39 is 5.60 Å². The molecule has 1 aliphatic carbocycles. The topological polar surface area (TPSA) is 43.4 Å². The van der Waals surface area contributed by atoms with Crippen molar-refractivity contribution in [3.05, 3.63) is 0 Å². The van der Waals surface area contributed by atoms with Gasteiger partial charge in [-0.15, -0.1) is 0 Å². The van der Waals surface area contributed by atoms with Gasteiger partial charge in [0.1, 0.15) is 0 Å². The number of carbonyl (C=O) groups is 2. The molecule has 0 amide bonds. The van der Waals surface area contributed by atoms with Crippen LogP contribution in [0.2, 0.25) is 0 Å². The maximum Gasteiger partial charge on any atom is 0.310 e. The fraction of sp³-hybridized carbons (Fsp3) is 0.800. The van der Waals surface area contributed by atoms with E-state index in [1.165, 1.54) is 0 Å². The van der Waals surface area contributed by atoms with E-state index in [-0.39, 0.29) is 23.1 Å². The molecule has 0 N–H and O–H groups in total. The molecule has 3 nitrogen and oxygen atoms in total. The quantitative estimate of drug-likeness (QED) is 0.530. The van der Waals surface area contributed by atoms with Crippen molar-refractivity contribution in [1.29, 1.82) is 0 Å². The van der Waals surface area contributed by atoms with Gasteiger partial charge in [0, 0.05) is 11.8 Å². The van der Waals surface area contributed by atoms with E-state index in [0.29, 0.717) is 12.8 Å². The Morgan fingerprint density at radius 1 is 1.31 bits per heavy atom. The Labute approximate surface area is 77.4 Å². The second-order valence-electron chi connectivity index (χ2n) is 4.69. The van der Waals surface area contributed by atoms with E-state index in [1.807, 2.05) is 13.8 Å². The van der Waals surface area contributed by atoms with Crippen LogP contribution in [0.5, 0.6) is 0 Å². The molecule has 2 bridgehead atoms. The van der Waals surface area contributed by atoms with Crippen molar-refractivity contribution < 1.29 is 14.3 Å². The lowest BCUT2D eigenvalue weighted by atomic mass is 9.62. The molecule has 13 heavy (non-hydrogen) atoms. The van der Waals surface area contributed by atoms with Crippen LogP contribution in [-0.2, 0) is 14.3 Å². The molecule has 1 heterocycles. The van der Waals surface area contributed by atoms with E-state index in [4.69, 9.17) is 4.74 Å². The Kier molecular flexibility index (Phi) is 1.44. The number of ketones is 1. The summed E-state index contributed by atoms with van der Waals surface area (Å²) < 4.78 is 5.21. The number of esters is 1. The van der Waals surface area contributed by atoms with E-state index in [9.17, 15) is 9.59 Å². The summed E-state index contributed by atoms with van der Waals surface area (Å²) in [4.78, 5) is 23.1. The molecule has 2 fully saturated rings. The molecule has 0 spiro atoms. The number of fused-ring (bicyclic) bond motifs is 2. The van der Waals surface area contributed by atoms with Gasteiger partial charge in [-0.25, -0.2) is 0 Å². The minimum Gasteiger partial charge on any atom is -0.451 e. The van der Waals surface area contributed by atoms with Crippen molar-refractivity contribution in [3.8, 4) is 0 Å². The fourth-order valence-corrected chi connectivity index (χ4v) is 2.44. The Hall–Kier alpha value is -0.860. The van der Waals surface area contributed by atoms with Gasteiger partial charge in [0.05, 0.1) is 5.92 Å². The van der Waals surface area contributed by atoms with Crippen LogP contribution < -0.4 is 0 Å². The van der Waals surface area contributed by atoms with Crippen molar-refractivity contribution in [2.45, 2.75) is 39.2 Å². The van der Waals surface area contributed by atoms with Gasteiger partial charge in [-0.2, -0.15) is 0 Å². The van der Waals surface area contributed by atoms with E-state index in [2.05, 4.69) is 0 Å². The van der Waals surface area contributed by atoms with Gasteiger partial charge in [-0.1, -0.05) is 13.8 Å². The number of ether oxygens (including phenoxy) is 1. The molecule has 2 rings (SSSR count). The van der Waals surface area contributed by atoms with Gasteiger partial charge in [0.2, 0.25) is 0 Å². The van der Waals surface area contributed by atoms with Crippen molar-refractivity contribution in [1.82, 2.24) is 0 Å². The van der Waals surface area contributed by atoms with E-state index >= 15 is 0 Å². The van der Waals surface area contributed by atoms with Crippen LogP contribution in [0.4, 0.5) is 0 Å². The van der Waals surface area contributed by atoms with Crippen LogP contribution in [0.1, 0.15) is 33.6 Å². The second kappa shape index (κ2) is 2.14. The highest BCUT2D eigenvalue weighted by Crippen LogP contribution is 2.53. The molecule has 2 atom stereocenters. The highest BCUT2D eigenvalue weighted by molar-refractivity contribution is 5.96. The number of Topliss-reactive ketones (excluding diaryl/α,β-unsaturated/α-hetero) is 1. The molecule has 72 valence electrons. The first-order chi connectivity index (χ1) is 5.89. The largest absolute Gasteiger partial charge is 0.451 e. The first-order valence-corrected chi connectivity index (χ1v) is 4.66. The summed E-state index contributed by atoms with van der Waals surface area (Å²) in [6.07, 6.45) is 1.14. The number of hydrogen-bond donors (Lipinski definition) is 0. The standard InChI is InChI=1S/C10H14O3/c1-9(2)6-4-5-7(11)10(9,3)13-8(6)12/h6H,4-5H2,1-3H3/t6-,10+/m1/s1. The van der Waals surface area contributed by atoms with Gasteiger partial charge in [0.25, 0.3) is 0 Å². The molecule has 0 aromatic rings. The summed E-state index contributed by atoms with van der Waals surface area (Å²) in [5.41, 5.74) is -1.20. The zero-order valence-electron chi connectivity index (χ0n) is 8.22. The average molecular weight is 182 g/mol. The van der Waals surface area contributed by atoms with Crippen LogP contribution in [0.15, 0.2) is 0 Å². The summed E-state index contributed by atoms with van der Waals surface area (Å²) in [6.45, 7) is 5.63. The van der Waals surface area contributed by atoms with Crippen molar-refractivity contribution >= 4 is 11.8 Å². The summed E-state index contributed by atoms with van der Waals surface area (Å²) in [5, 5.41) is 0. The first-order valence-electron chi connectivity index (χ1n) is 4.66. The molecule has 2 aliphatic rings. The van der Waals surface area contributed by atoms with Crippen LogP contribution in [0.3, 0.4) is 0 Å². The molecule has 1 saturated carbocycles. The number of rotatable bonds is 0. The Bertz CT molecular complexity index is 293. The van der Waals surface area contributed by atoms with Gasteiger partial charge >= 0.3 is 5.97 Å². The lowest BCUT2D eigenvalue weighted by molar-refractivity contribution is -0.159. The third-order valence-electron chi connectivity index (χ3n) is 3.88. The molecule has 1 aliphatic heterocycles. The number of hydrogen-bond acceptors (Lipinski definition) is 3. The maximum atomic E-state index is 11.7. The fourth-order valence-electron chi connectivity index (χ4n) is 2.44. The Balaban J connectivity index is 2.52. The van der Waals surface area contributed by atoms with E-state index in [1.54, 1.807) is 6.92 Å². The van der Waals surface area contributed by atoms with Gasteiger partial charge in [0.15, 0.2) is 11.4 Å². The predicted molar refractivity (Wildman–Crippen MR) is 46.0 cm³/mol. The van der Waals surface area contributed by atoms with Crippen molar-refractivity contribution in [2.24, 2.45) is 11.3 Å². The van der Waals surface area contributed by atoms with Crippen LogP contribution in [-0.4, -0.2) is 17.4 Å². The summed E-state index contributed by atoms with van der Waals surface area (Å²) >= 11 is 0. The molecule has 3 heteroatoms. The molecule has 0 aromatic carbocycles. The molecular formula is C10H14O3. The third-order valence-corrected chi connectivity index (χ3v) is 3.88. The minimum atomic E-state index is -0.868. The van der Waals surface area contributed by atoms with E-state index in [0.717, 1.165) is 0 Å². The average Bonchev–Trinajstić information content (AvgIpc) is 2.13. The Morgan fingerprint density at radius 3 is 2.46 bits per heavy atom. The van der Waals surface area contributed by atoms with Crippen LogP contribution in [0, 0.1) is 11.3 Å². The van der Waals surface area contributed by atoms with Crippen LogP contribution in [0.25, 0.3) is 0 Å². The predicted octanol–water partition coefficient (Wildman–Crippen LogP) is 1.31. The highest BCUT2D eigenvalue weighted by atomic mass is 16.6. The maximum absolute atomic E-state index is 11.7. The van der Waals surface area contributed by atoms with Gasteiger partial charge < -0.3 is 4.74 Å². The zero-order chi connectivity index (χ0) is 9.85. The molecule has 1 saturated heterocycles. The molecule has 0 unspecified atom stereocenters. The highest BCUT2D eigenvalue weighted by Gasteiger charge is 2.64. The third kappa shape index (κ3) is 0.798. The normalized spacial score (nSPS) is 41.9. The molecular weight excluding hydrogens is 168 g/mol. The second-order valence-corrected chi connectivity index (χ2v) is 4.69. The lowest BCUT2D eigenvalue weighted by Crippen LogP contribution is -2.51. The monoisotopic (exact) mass is 182 g/mol.